The second-order valence-electron chi connectivity index (χ2n) is 4.65. The number of nitrogens with zero attached hydrogens (tertiary/aromatic N) is 2. The van der Waals surface area contributed by atoms with E-state index < -0.39 is 5.97 Å². The predicted molar refractivity (Wildman–Crippen MR) is 74.1 cm³/mol. The molecule has 0 radical (unpaired) electrons. The summed E-state index contributed by atoms with van der Waals surface area (Å²) < 4.78 is 18.2. The van der Waals surface area contributed by atoms with Crippen molar-refractivity contribution in [3.05, 3.63) is 12.1 Å². The van der Waals surface area contributed by atoms with Gasteiger partial charge in [-0.25, -0.2) is 0 Å². The Morgan fingerprint density at radius 1 is 1.38 bits per heavy atom. The molecule has 1 aliphatic heterocycles. The molecule has 0 fully saturated rings. The number of carboxylic acid groups (broad SMARTS) is 1. The molecule has 7 nitrogen and oxygen atoms in total. The van der Waals surface area contributed by atoms with E-state index in [0.717, 1.165) is 6.42 Å². The van der Waals surface area contributed by atoms with Gasteiger partial charge in [-0.05, 0) is 6.92 Å². The molecular weight excluding hydrogens is 276 g/mol. The van der Waals surface area contributed by atoms with E-state index in [0.29, 0.717) is 42.4 Å². The van der Waals surface area contributed by atoms with E-state index in [9.17, 15) is 4.79 Å². The highest BCUT2D eigenvalue weighted by Gasteiger charge is 2.19. The number of fused-ring (bicyclic) bond motifs is 2. The van der Waals surface area contributed by atoms with Crippen molar-refractivity contribution in [1.29, 1.82) is 0 Å². The molecule has 1 aliphatic rings. The predicted octanol–water partition coefficient (Wildman–Crippen LogP) is 1.68. The summed E-state index contributed by atoms with van der Waals surface area (Å²) in [7, 11) is 0. The van der Waals surface area contributed by atoms with Crippen molar-refractivity contribution in [3.8, 4) is 17.5 Å². The van der Waals surface area contributed by atoms with Crippen LogP contribution in [0.15, 0.2) is 12.1 Å². The highest BCUT2D eigenvalue weighted by Crippen LogP contribution is 2.35. The summed E-state index contributed by atoms with van der Waals surface area (Å²) in [5.41, 5.74) is 1.29. The van der Waals surface area contributed by atoms with Crippen LogP contribution in [0, 0.1) is 0 Å². The molecule has 2 aromatic rings. The van der Waals surface area contributed by atoms with E-state index in [-0.39, 0.29) is 12.6 Å². The van der Waals surface area contributed by atoms with Crippen LogP contribution in [0.2, 0.25) is 0 Å². The van der Waals surface area contributed by atoms with Crippen molar-refractivity contribution in [2.45, 2.75) is 19.9 Å². The lowest BCUT2D eigenvalue weighted by molar-refractivity contribution is -0.137. The third-order valence-corrected chi connectivity index (χ3v) is 3.15. The third-order valence-electron chi connectivity index (χ3n) is 3.15. The standard InChI is InChI=1S/C14H16N2O5/c1-2-19-14-15-9-6-11-12(21-5-3-4-20-11)7-10(9)16(14)8-13(17)18/h6-7H,2-5,8H2,1H3,(H,17,18). The molecular formula is C14H16N2O5. The monoisotopic (exact) mass is 292 g/mol. The summed E-state index contributed by atoms with van der Waals surface area (Å²) in [6.07, 6.45) is 0.811. The summed E-state index contributed by atoms with van der Waals surface area (Å²) in [4.78, 5) is 15.4. The van der Waals surface area contributed by atoms with Gasteiger partial charge in [0.05, 0.1) is 30.9 Å². The highest BCUT2D eigenvalue weighted by atomic mass is 16.5. The molecule has 3 rings (SSSR count). The van der Waals surface area contributed by atoms with E-state index in [1.165, 1.54) is 4.57 Å². The molecule has 0 bridgehead atoms. The first kappa shape index (κ1) is 13.5. The quantitative estimate of drug-likeness (QED) is 0.923. The molecule has 0 saturated heterocycles. The minimum atomic E-state index is -0.956. The number of benzene rings is 1. The molecule has 0 spiro atoms. The first-order valence-corrected chi connectivity index (χ1v) is 6.83. The van der Waals surface area contributed by atoms with Crippen molar-refractivity contribution in [3.63, 3.8) is 0 Å². The van der Waals surface area contributed by atoms with Crippen molar-refractivity contribution in [1.82, 2.24) is 9.55 Å². The maximum atomic E-state index is 11.1. The number of ether oxygens (including phenoxy) is 3. The lowest BCUT2D eigenvalue weighted by Crippen LogP contribution is -2.11. The summed E-state index contributed by atoms with van der Waals surface area (Å²) in [6, 6.07) is 3.81. The van der Waals surface area contributed by atoms with Crippen LogP contribution in [0.5, 0.6) is 17.5 Å². The Morgan fingerprint density at radius 2 is 2.10 bits per heavy atom. The van der Waals surface area contributed by atoms with Gasteiger partial charge in [0.25, 0.3) is 6.01 Å². The van der Waals surface area contributed by atoms with E-state index in [1.807, 2.05) is 6.92 Å². The molecule has 2 heterocycles. The highest BCUT2D eigenvalue weighted by molar-refractivity contribution is 5.83. The van der Waals surface area contributed by atoms with Crippen LogP contribution in [-0.4, -0.2) is 40.4 Å². The summed E-state index contributed by atoms with van der Waals surface area (Å²) in [6.45, 7) is 3.18. The number of aliphatic carboxylic acids is 1. The van der Waals surface area contributed by atoms with Crippen LogP contribution in [-0.2, 0) is 11.3 Å². The number of hydrogen-bond donors (Lipinski definition) is 1. The Kier molecular flexibility index (Phi) is 3.55. The average molecular weight is 292 g/mol. The molecule has 1 N–H and O–H groups in total. The van der Waals surface area contributed by atoms with Gasteiger partial charge in [-0.15, -0.1) is 0 Å². The van der Waals surface area contributed by atoms with Crippen LogP contribution in [0.1, 0.15) is 13.3 Å². The zero-order valence-corrected chi connectivity index (χ0v) is 11.7. The normalized spacial score (nSPS) is 14.0. The van der Waals surface area contributed by atoms with Crippen LogP contribution in [0.25, 0.3) is 11.0 Å². The largest absolute Gasteiger partial charge is 0.489 e. The molecule has 0 unspecified atom stereocenters. The molecule has 7 heteroatoms. The fourth-order valence-electron chi connectivity index (χ4n) is 2.29. The fraction of sp³-hybridized carbons (Fsp3) is 0.429. The minimum Gasteiger partial charge on any atom is -0.489 e. The van der Waals surface area contributed by atoms with Gasteiger partial charge in [-0.1, -0.05) is 0 Å². The van der Waals surface area contributed by atoms with Crippen molar-refractivity contribution in [2.75, 3.05) is 19.8 Å². The molecule has 1 aromatic heterocycles. The van der Waals surface area contributed by atoms with Gasteiger partial charge in [-0.2, -0.15) is 4.98 Å². The third kappa shape index (κ3) is 2.58. The second kappa shape index (κ2) is 5.51. The summed E-state index contributed by atoms with van der Waals surface area (Å²) in [5, 5.41) is 9.06. The number of carbonyl (C=O) groups is 1. The van der Waals surface area contributed by atoms with Gasteiger partial charge in [0, 0.05) is 18.6 Å². The van der Waals surface area contributed by atoms with Gasteiger partial charge >= 0.3 is 5.97 Å². The van der Waals surface area contributed by atoms with Crippen LogP contribution in [0.3, 0.4) is 0 Å². The first-order chi connectivity index (χ1) is 10.2. The lowest BCUT2D eigenvalue weighted by Gasteiger charge is -2.08. The van der Waals surface area contributed by atoms with Crippen molar-refractivity contribution < 1.29 is 24.1 Å². The number of imidazole rings is 1. The molecule has 1 aromatic carbocycles. The zero-order valence-electron chi connectivity index (χ0n) is 11.7. The van der Waals surface area contributed by atoms with Crippen molar-refractivity contribution >= 4 is 17.0 Å². The van der Waals surface area contributed by atoms with E-state index >= 15 is 0 Å². The van der Waals surface area contributed by atoms with Crippen LogP contribution < -0.4 is 14.2 Å². The van der Waals surface area contributed by atoms with Gasteiger partial charge in [0.2, 0.25) is 0 Å². The Bertz CT molecular complexity index is 680. The molecule has 21 heavy (non-hydrogen) atoms. The van der Waals surface area contributed by atoms with Crippen molar-refractivity contribution in [2.24, 2.45) is 0 Å². The van der Waals surface area contributed by atoms with Gasteiger partial charge < -0.3 is 19.3 Å². The van der Waals surface area contributed by atoms with E-state index in [1.54, 1.807) is 12.1 Å². The topological polar surface area (TPSA) is 82.8 Å². The van der Waals surface area contributed by atoms with E-state index in [2.05, 4.69) is 4.98 Å². The number of carboxylic acids is 1. The lowest BCUT2D eigenvalue weighted by atomic mass is 10.2. The molecule has 0 atom stereocenters. The molecule has 0 amide bonds. The Labute approximate surface area is 121 Å². The zero-order chi connectivity index (χ0) is 14.8. The number of aromatic nitrogens is 2. The second-order valence-corrected chi connectivity index (χ2v) is 4.65. The Hall–Kier alpha value is -2.44. The Morgan fingerprint density at radius 3 is 2.76 bits per heavy atom. The molecule has 0 aliphatic carbocycles. The maximum Gasteiger partial charge on any atom is 0.323 e. The minimum absolute atomic E-state index is 0.217. The first-order valence-electron chi connectivity index (χ1n) is 6.83. The fourth-order valence-corrected chi connectivity index (χ4v) is 2.29. The van der Waals surface area contributed by atoms with Gasteiger partial charge in [-0.3, -0.25) is 9.36 Å². The maximum absolute atomic E-state index is 11.1. The summed E-state index contributed by atoms with van der Waals surface area (Å²) >= 11 is 0. The summed E-state index contributed by atoms with van der Waals surface area (Å²) in [5.74, 6) is 0.278. The Balaban J connectivity index is 2.14. The number of rotatable bonds is 4. The smallest absolute Gasteiger partial charge is 0.323 e. The van der Waals surface area contributed by atoms with Gasteiger partial charge in [0.15, 0.2) is 11.5 Å². The molecule has 0 saturated carbocycles. The molecule has 112 valence electrons. The number of hydrogen-bond acceptors (Lipinski definition) is 5. The SMILES string of the molecule is CCOc1nc2cc3c(cc2n1CC(=O)O)OCCCO3. The van der Waals surface area contributed by atoms with Crippen LogP contribution >= 0.6 is 0 Å². The van der Waals surface area contributed by atoms with Crippen LogP contribution in [0.4, 0.5) is 0 Å². The van der Waals surface area contributed by atoms with Gasteiger partial charge in [0.1, 0.15) is 6.54 Å². The van der Waals surface area contributed by atoms with E-state index in [4.69, 9.17) is 19.3 Å². The average Bonchev–Trinajstić information content (AvgIpc) is 2.62.